The third-order valence-electron chi connectivity index (χ3n) is 2.59. The molecule has 0 amide bonds. The Morgan fingerprint density at radius 1 is 1.38 bits per heavy atom. The fourth-order valence-electron chi connectivity index (χ4n) is 1.78. The number of hydrogen-bond donors (Lipinski definition) is 2. The first-order chi connectivity index (χ1) is 9.46. The molecule has 0 bridgehead atoms. The summed E-state index contributed by atoms with van der Waals surface area (Å²) in [6, 6.07) is 2.21. The minimum Gasteiger partial charge on any atom is -0.387 e. The molecule has 1 aromatic carbocycles. The van der Waals surface area contributed by atoms with Gasteiger partial charge in [0.1, 0.15) is 4.90 Å². The minimum absolute atomic E-state index is 0.242. The molecule has 0 saturated carbocycles. The maximum atomic E-state index is 13.6. The van der Waals surface area contributed by atoms with Gasteiger partial charge in [-0.2, -0.15) is 0 Å². The van der Waals surface area contributed by atoms with Crippen molar-refractivity contribution in [3.8, 4) is 0 Å². The minimum atomic E-state index is -4.06. The zero-order chi connectivity index (χ0) is 16.4. The van der Waals surface area contributed by atoms with Crippen LogP contribution in [0.1, 0.15) is 6.92 Å². The molecule has 0 aromatic heterocycles. The Labute approximate surface area is 133 Å². The lowest BCUT2D eigenvalue weighted by Gasteiger charge is -2.27. The number of hydrogen-bond acceptors (Lipinski definition) is 4. The molecule has 0 aliphatic heterocycles. The molecule has 1 rings (SSSR count). The monoisotopic (exact) mass is 358 g/mol. The first-order valence-electron chi connectivity index (χ1n) is 5.96. The molecule has 5 nitrogen and oxygen atoms in total. The van der Waals surface area contributed by atoms with Crippen LogP contribution < -0.4 is 4.72 Å². The van der Waals surface area contributed by atoms with E-state index in [2.05, 4.69) is 4.72 Å². The highest BCUT2D eigenvalue weighted by Gasteiger charge is 2.27. The summed E-state index contributed by atoms with van der Waals surface area (Å²) in [4.78, 5) is 1.29. The van der Waals surface area contributed by atoms with Crippen LogP contribution in [0.3, 0.4) is 0 Å². The van der Waals surface area contributed by atoms with E-state index in [4.69, 9.17) is 23.2 Å². The number of sulfonamides is 1. The topological polar surface area (TPSA) is 69.6 Å². The second-order valence-corrected chi connectivity index (χ2v) is 7.75. The molecule has 1 aromatic rings. The van der Waals surface area contributed by atoms with Crippen LogP contribution in [0.4, 0.5) is 4.39 Å². The predicted molar refractivity (Wildman–Crippen MR) is 80.8 cm³/mol. The third-order valence-corrected chi connectivity index (χ3v) is 4.81. The molecule has 2 N–H and O–H groups in total. The molecule has 1 atom stereocenters. The van der Waals surface area contributed by atoms with Gasteiger partial charge in [0.05, 0.1) is 15.6 Å². The Balaban J connectivity index is 2.96. The first kappa shape index (κ1) is 18.6. The summed E-state index contributed by atoms with van der Waals surface area (Å²) in [5.74, 6) is -0.999. The van der Waals surface area contributed by atoms with Gasteiger partial charge in [0, 0.05) is 13.1 Å². The molecule has 21 heavy (non-hydrogen) atoms. The highest BCUT2D eigenvalue weighted by atomic mass is 35.5. The molecule has 0 aliphatic rings. The number of rotatable bonds is 6. The maximum absolute atomic E-state index is 13.6. The van der Waals surface area contributed by atoms with Crippen molar-refractivity contribution in [3.05, 3.63) is 28.0 Å². The average Bonchev–Trinajstić information content (AvgIpc) is 2.32. The molecule has 0 heterocycles. The van der Waals surface area contributed by atoms with E-state index >= 15 is 0 Å². The van der Waals surface area contributed by atoms with Crippen LogP contribution in [0.5, 0.6) is 0 Å². The van der Waals surface area contributed by atoms with Crippen molar-refractivity contribution in [2.75, 3.05) is 27.2 Å². The predicted octanol–water partition coefficient (Wildman–Crippen LogP) is 1.72. The van der Waals surface area contributed by atoms with E-state index in [1.807, 2.05) is 0 Å². The summed E-state index contributed by atoms with van der Waals surface area (Å²) in [7, 11) is -0.569. The Morgan fingerprint density at radius 2 is 1.95 bits per heavy atom. The number of aliphatic hydroxyl groups is 1. The van der Waals surface area contributed by atoms with Crippen molar-refractivity contribution in [2.24, 2.45) is 0 Å². The van der Waals surface area contributed by atoms with Gasteiger partial charge in [-0.15, -0.1) is 0 Å². The lowest BCUT2D eigenvalue weighted by Crippen LogP contribution is -2.47. The van der Waals surface area contributed by atoms with Crippen LogP contribution in [-0.2, 0) is 10.0 Å². The second kappa shape index (κ2) is 6.76. The van der Waals surface area contributed by atoms with Crippen LogP contribution in [0, 0.1) is 5.82 Å². The van der Waals surface area contributed by atoms with E-state index in [9.17, 15) is 17.9 Å². The van der Waals surface area contributed by atoms with Crippen molar-refractivity contribution < 1.29 is 17.9 Å². The van der Waals surface area contributed by atoms with E-state index in [-0.39, 0.29) is 18.1 Å². The fraction of sp³-hybridized carbons (Fsp3) is 0.500. The number of benzene rings is 1. The van der Waals surface area contributed by atoms with Gasteiger partial charge in [0.2, 0.25) is 10.0 Å². The van der Waals surface area contributed by atoms with Gasteiger partial charge in [-0.05, 0) is 33.2 Å². The lowest BCUT2D eigenvalue weighted by atomic mass is 10.1. The normalized spacial score (nSPS) is 15.2. The van der Waals surface area contributed by atoms with E-state index in [0.29, 0.717) is 0 Å². The van der Waals surface area contributed by atoms with Gasteiger partial charge in [-0.25, -0.2) is 17.5 Å². The van der Waals surface area contributed by atoms with Gasteiger partial charge in [0.15, 0.2) is 5.82 Å². The molecular weight excluding hydrogens is 342 g/mol. The summed E-state index contributed by atoms with van der Waals surface area (Å²) < 4.78 is 40.0. The largest absolute Gasteiger partial charge is 0.387 e. The Hall–Kier alpha value is -0.440. The second-order valence-electron chi connectivity index (χ2n) is 5.23. The van der Waals surface area contributed by atoms with Crippen molar-refractivity contribution in [2.45, 2.75) is 17.4 Å². The van der Waals surface area contributed by atoms with Gasteiger partial charge in [-0.3, -0.25) is 0 Å². The Bertz CT molecular complexity index is 621. The third kappa shape index (κ3) is 5.05. The van der Waals surface area contributed by atoms with Crippen molar-refractivity contribution in [1.82, 2.24) is 9.62 Å². The highest BCUT2D eigenvalue weighted by molar-refractivity contribution is 7.89. The van der Waals surface area contributed by atoms with E-state index in [1.54, 1.807) is 19.0 Å². The average molecular weight is 359 g/mol. The Kier molecular flexibility index (Phi) is 5.99. The summed E-state index contributed by atoms with van der Waals surface area (Å²) in [6.07, 6.45) is 0. The van der Waals surface area contributed by atoms with Gasteiger partial charge in [0.25, 0.3) is 0 Å². The van der Waals surface area contributed by atoms with E-state index in [1.165, 1.54) is 6.92 Å². The number of halogens is 3. The number of nitrogens with zero attached hydrogens (tertiary/aromatic N) is 1. The maximum Gasteiger partial charge on any atom is 0.242 e. The molecule has 0 radical (unpaired) electrons. The lowest BCUT2D eigenvalue weighted by molar-refractivity contribution is 0.0386. The summed E-state index contributed by atoms with van der Waals surface area (Å²) in [5, 5.41) is 9.22. The number of nitrogens with one attached hydrogen (secondary N) is 1. The quantitative estimate of drug-likeness (QED) is 0.759. The van der Waals surface area contributed by atoms with Crippen molar-refractivity contribution >= 4 is 33.2 Å². The first-order valence-corrected chi connectivity index (χ1v) is 8.20. The standard InChI is InChI=1S/C12H17Cl2FN2O3S/c1-12(18,7-17(2)3)6-16-21(19,20)9-5-4-8(13)11(15)10(9)14/h4-5,16,18H,6-7H2,1-3H3. The smallest absolute Gasteiger partial charge is 0.242 e. The fourth-order valence-corrected chi connectivity index (χ4v) is 3.69. The van der Waals surface area contributed by atoms with E-state index < -0.39 is 31.4 Å². The van der Waals surface area contributed by atoms with Crippen LogP contribution in [0.2, 0.25) is 10.0 Å². The van der Waals surface area contributed by atoms with E-state index in [0.717, 1.165) is 12.1 Å². The molecule has 0 saturated heterocycles. The summed E-state index contributed by atoms with van der Waals surface area (Å²) >= 11 is 11.2. The van der Waals surface area contributed by atoms with Gasteiger partial charge < -0.3 is 10.0 Å². The molecule has 0 spiro atoms. The van der Waals surface area contributed by atoms with Crippen molar-refractivity contribution in [3.63, 3.8) is 0 Å². The zero-order valence-corrected chi connectivity index (χ0v) is 14.2. The van der Waals surface area contributed by atoms with Crippen LogP contribution in [-0.4, -0.2) is 51.2 Å². The number of likely N-dealkylation sites (N-methyl/N-ethyl adjacent to an activating group) is 1. The van der Waals surface area contributed by atoms with Crippen molar-refractivity contribution in [1.29, 1.82) is 0 Å². The highest BCUT2D eigenvalue weighted by Crippen LogP contribution is 2.29. The Morgan fingerprint density at radius 3 is 2.48 bits per heavy atom. The SMILES string of the molecule is CN(C)CC(C)(O)CNS(=O)(=O)c1ccc(Cl)c(F)c1Cl. The van der Waals surface area contributed by atoms with Crippen LogP contribution >= 0.6 is 23.2 Å². The molecule has 1 unspecified atom stereocenters. The van der Waals surface area contributed by atoms with Crippen LogP contribution in [0.15, 0.2) is 17.0 Å². The molecule has 0 aliphatic carbocycles. The molecule has 0 fully saturated rings. The summed E-state index contributed by atoms with van der Waals surface area (Å²) in [5.41, 5.74) is -1.28. The molecule has 120 valence electrons. The molecule has 9 heteroatoms. The van der Waals surface area contributed by atoms with Gasteiger partial charge in [-0.1, -0.05) is 23.2 Å². The molecular formula is C12H17Cl2FN2O3S. The van der Waals surface area contributed by atoms with Gasteiger partial charge >= 0.3 is 0 Å². The van der Waals surface area contributed by atoms with Crippen LogP contribution in [0.25, 0.3) is 0 Å². The zero-order valence-electron chi connectivity index (χ0n) is 11.8. The summed E-state index contributed by atoms with van der Waals surface area (Å²) in [6.45, 7) is 1.49.